The Morgan fingerprint density at radius 2 is 1.97 bits per heavy atom. The van der Waals surface area contributed by atoms with Crippen molar-refractivity contribution in [3.63, 3.8) is 0 Å². The molecular weight excluding hydrogens is 534 g/mol. The highest BCUT2D eigenvalue weighted by Crippen LogP contribution is 2.41. The van der Waals surface area contributed by atoms with E-state index in [2.05, 4.69) is 4.98 Å². The number of thioether (sulfide) groups is 1. The van der Waals surface area contributed by atoms with E-state index in [-0.39, 0.29) is 24.3 Å². The number of hydrogen-bond donors (Lipinski definition) is 2. The van der Waals surface area contributed by atoms with Crippen LogP contribution < -0.4 is 10.5 Å². The van der Waals surface area contributed by atoms with Gasteiger partial charge in [-0.1, -0.05) is 0 Å². The van der Waals surface area contributed by atoms with Crippen LogP contribution in [0.25, 0.3) is 10.9 Å². The van der Waals surface area contributed by atoms with Crippen LogP contribution >= 0.6 is 11.8 Å². The molecule has 1 aliphatic heterocycles. The number of nitrogens with zero attached hydrogens (tertiary/aromatic N) is 2. The number of aromatic nitrogens is 1. The Labute approximate surface area is 228 Å². The van der Waals surface area contributed by atoms with Crippen LogP contribution in [0.15, 0.2) is 41.4 Å². The lowest BCUT2D eigenvalue weighted by Gasteiger charge is -2.39. The summed E-state index contributed by atoms with van der Waals surface area (Å²) in [6.45, 7) is 1.52. The number of alkyl halides is 1. The molecule has 0 bridgehead atoms. The van der Waals surface area contributed by atoms with E-state index in [4.69, 9.17) is 10.5 Å². The van der Waals surface area contributed by atoms with E-state index in [0.29, 0.717) is 72.1 Å². The molecule has 0 saturated carbocycles. The van der Waals surface area contributed by atoms with Gasteiger partial charge < -0.3 is 20.5 Å². The highest BCUT2D eigenvalue weighted by Gasteiger charge is 2.41. The molecule has 1 fully saturated rings. The number of carbonyl (C=O) groups is 1. The summed E-state index contributed by atoms with van der Waals surface area (Å²) in [6, 6.07) is 6.67. The van der Waals surface area contributed by atoms with E-state index < -0.39 is 35.0 Å². The second kappa shape index (κ2) is 12.5. The zero-order valence-electron chi connectivity index (χ0n) is 21.6. The number of methoxy groups -OCH3 is 1. The lowest BCUT2D eigenvalue weighted by molar-refractivity contribution is -0.153. The minimum atomic E-state index is -1.44. The van der Waals surface area contributed by atoms with Crippen molar-refractivity contribution in [3.05, 3.63) is 65.1 Å². The van der Waals surface area contributed by atoms with Crippen LogP contribution in [-0.2, 0) is 11.3 Å². The maximum Gasteiger partial charge on any atom is 0.309 e. The largest absolute Gasteiger partial charge is 0.497 e. The third kappa shape index (κ3) is 6.47. The minimum absolute atomic E-state index is 0.00981. The molecule has 0 spiro atoms. The number of fused-ring (bicyclic) bond motifs is 1. The van der Waals surface area contributed by atoms with Gasteiger partial charge in [0.2, 0.25) is 0 Å². The number of carboxylic acid groups (broad SMARTS) is 1. The average molecular weight is 566 g/mol. The summed E-state index contributed by atoms with van der Waals surface area (Å²) in [5, 5.41) is 10.7. The van der Waals surface area contributed by atoms with Crippen LogP contribution in [0.2, 0.25) is 0 Å². The SMILES string of the molecule is COc1ccc2ncc(CN)c([C@@H](F)CCC3(C(=O)O)CCN(CCSc4cc(F)cc(F)c4F)CC3)c2c1. The van der Waals surface area contributed by atoms with Crippen LogP contribution in [0.1, 0.15) is 43.0 Å². The first-order chi connectivity index (χ1) is 18.7. The van der Waals surface area contributed by atoms with Crippen molar-refractivity contribution in [3.8, 4) is 5.75 Å². The van der Waals surface area contributed by atoms with Crippen molar-refractivity contribution < 1.29 is 32.2 Å². The molecule has 0 amide bonds. The topological polar surface area (TPSA) is 88.7 Å². The summed E-state index contributed by atoms with van der Waals surface area (Å²) in [5.74, 6) is -3.17. The highest BCUT2D eigenvalue weighted by atomic mass is 32.2. The van der Waals surface area contributed by atoms with E-state index in [0.717, 1.165) is 17.8 Å². The number of rotatable bonds is 11. The number of pyridine rings is 1. The van der Waals surface area contributed by atoms with Crippen molar-refractivity contribution in [1.29, 1.82) is 0 Å². The number of carboxylic acids is 1. The number of piperidine rings is 1. The number of nitrogens with two attached hydrogens (primary N) is 1. The Balaban J connectivity index is 1.39. The lowest BCUT2D eigenvalue weighted by atomic mass is 9.74. The Morgan fingerprint density at radius 3 is 2.64 bits per heavy atom. The van der Waals surface area contributed by atoms with E-state index in [1.165, 1.54) is 7.11 Å². The molecule has 6 nitrogen and oxygen atoms in total. The van der Waals surface area contributed by atoms with Crippen LogP contribution in [0.5, 0.6) is 5.75 Å². The van der Waals surface area contributed by atoms with Gasteiger partial charge in [0.1, 0.15) is 17.7 Å². The second-order valence-electron chi connectivity index (χ2n) is 9.77. The fourth-order valence-corrected chi connectivity index (χ4v) is 6.13. The van der Waals surface area contributed by atoms with Crippen LogP contribution in [0.4, 0.5) is 17.6 Å². The quantitative estimate of drug-likeness (QED) is 0.171. The molecule has 2 heterocycles. The molecule has 11 heteroatoms. The van der Waals surface area contributed by atoms with E-state index in [9.17, 15) is 23.1 Å². The van der Waals surface area contributed by atoms with Crippen molar-refractivity contribution in [1.82, 2.24) is 9.88 Å². The smallest absolute Gasteiger partial charge is 0.309 e. The van der Waals surface area contributed by atoms with Gasteiger partial charge in [0.05, 0.1) is 18.0 Å². The zero-order chi connectivity index (χ0) is 28.2. The van der Waals surface area contributed by atoms with Crippen molar-refractivity contribution in [2.45, 2.75) is 43.3 Å². The lowest BCUT2D eigenvalue weighted by Crippen LogP contribution is -2.45. The Hall–Kier alpha value is -2.89. The molecule has 4 rings (SSSR count). The first kappa shape index (κ1) is 29.1. The number of halogens is 4. The van der Waals surface area contributed by atoms with Crippen molar-refractivity contribution >= 4 is 28.6 Å². The van der Waals surface area contributed by atoms with Gasteiger partial charge in [-0.05, 0) is 68.6 Å². The van der Waals surface area contributed by atoms with E-state index in [1.54, 1.807) is 24.4 Å². The van der Waals surface area contributed by atoms with Gasteiger partial charge in [-0.3, -0.25) is 9.78 Å². The summed E-state index contributed by atoms with van der Waals surface area (Å²) < 4.78 is 61.9. The summed E-state index contributed by atoms with van der Waals surface area (Å²) >= 11 is 1.01. The van der Waals surface area contributed by atoms with Crippen LogP contribution in [0.3, 0.4) is 0 Å². The highest BCUT2D eigenvalue weighted by molar-refractivity contribution is 7.99. The summed E-state index contributed by atoms with van der Waals surface area (Å²) in [5.41, 5.74) is 6.39. The molecule has 1 aromatic heterocycles. The molecule has 3 aromatic rings. The average Bonchev–Trinajstić information content (AvgIpc) is 2.93. The molecule has 0 unspecified atom stereocenters. The second-order valence-corrected chi connectivity index (χ2v) is 10.9. The van der Waals surface area contributed by atoms with Gasteiger partial charge in [-0.15, -0.1) is 11.8 Å². The molecule has 0 aliphatic carbocycles. The number of aliphatic carboxylic acids is 1. The predicted octanol–water partition coefficient (Wildman–Crippen LogP) is 5.87. The molecule has 1 atom stereocenters. The number of likely N-dealkylation sites (tertiary alicyclic amines) is 1. The third-order valence-electron chi connectivity index (χ3n) is 7.50. The molecule has 0 radical (unpaired) electrons. The van der Waals surface area contributed by atoms with Crippen LogP contribution in [0, 0.1) is 22.9 Å². The monoisotopic (exact) mass is 565 g/mol. The van der Waals surface area contributed by atoms with Gasteiger partial charge in [-0.2, -0.15) is 0 Å². The molecule has 1 aliphatic rings. The maximum absolute atomic E-state index is 15.8. The molecule has 2 aromatic carbocycles. The summed E-state index contributed by atoms with van der Waals surface area (Å²) in [4.78, 5) is 18.6. The number of ether oxygens (including phenoxy) is 1. The van der Waals surface area contributed by atoms with Gasteiger partial charge in [-0.25, -0.2) is 17.6 Å². The van der Waals surface area contributed by atoms with Gasteiger partial charge in [0, 0.05) is 47.0 Å². The number of benzene rings is 2. The van der Waals surface area contributed by atoms with Crippen molar-refractivity contribution in [2.24, 2.45) is 11.1 Å². The Morgan fingerprint density at radius 1 is 1.23 bits per heavy atom. The van der Waals surface area contributed by atoms with Gasteiger partial charge >= 0.3 is 5.97 Å². The molecular formula is C28H31F4N3O3S. The minimum Gasteiger partial charge on any atom is -0.497 e. The number of hydrogen-bond acceptors (Lipinski definition) is 6. The van der Waals surface area contributed by atoms with E-state index in [1.807, 2.05) is 4.90 Å². The summed E-state index contributed by atoms with van der Waals surface area (Å²) in [6.07, 6.45) is 0.945. The zero-order valence-corrected chi connectivity index (χ0v) is 22.4. The van der Waals surface area contributed by atoms with Crippen molar-refractivity contribution in [2.75, 3.05) is 32.5 Å². The molecule has 1 saturated heterocycles. The van der Waals surface area contributed by atoms with Gasteiger partial charge in [0.15, 0.2) is 11.6 Å². The predicted molar refractivity (Wildman–Crippen MR) is 142 cm³/mol. The molecule has 3 N–H and O–H groups in total. The fourth-order valence-electron chi connectivity index (χ4n) is 5.14. The maximum atomic E-state index is 15.8. The van der Waals surface area contributed by atoms with Gasteiger partial charge in [0.25, 0.3) is 0 Å². The van der Waals surface area contributed by atoms with Crippen LogP contribution in [-0.4, -0.2) is 53.5 Å². The molecule has 210 valence electrons. The summed E-state index contributed by atoms with van der Waals surface area (Å²) in [7, 11) is 1.52. The first-order valence-electron chi connectivity index (χ1n) is 12.7. The Kier molecular flexibility index (Phi) is 9.35. The van der Waals surface area contributed by atoms with E-state index >= 15 is 4.39 Å². The standard InChI is InChI=1S/C28H31F4N3O3S/c1-38-19-2-3-23-20(14-19)25(17(15-33)16-34-23)21(30)4-5-28(27(36)37)6-8-35(9-7-28)10-11-39-24-13-18(29)12-22(31)26(24)32/h2-3,12-14,16,21H,4-11,15,33H2,1H3,(H,36,37)/t21-/m0/s1. The first-order valence-corrected chi connectivity index (χ1v) is 13.7. The Bertz CT molecular complexity index is 1330. The third-order valence-corrected chi connectivity index (χ3v) is 8.50. The normalized spacial score (nSPS) is 16.4. The fraction of sp³-hybridized carbons (Fsp3) is 0.429. The molecule has 39 heavy (non-hydrogen) atoms.